The molecular weight excluding hydrogens is 447 g/mol. The van der Waals surface area contributed by atoms with Crippen LogP contribution in [0.4, 0.5) is 4.39 Å². The predicted molar refractivity (Wildman–Crippen MR) is 132 cm³/mol. The molecule has 2 N–H and O–H groups in total. The van der Waals surface area contributed by atoms with Crippen LogP contribution in [0.1, 0.15) is 36.5 Å². The summed E-state index contributed by atoms with van der Waals surface area (Å²) in [6, 6.07) is 14.2. The fourth-order valence-electron chi connectivity index (χ4n) is 4.16. The molecule has 0 fully saturated rings. The molecule has 0 bridgehead atoms. The third kappa shape index (κ3) is 4.11. The maximum atomic E-state index is 13.8. The zero-order valence-corrected chi connectivity index (χ0v) is 19.5. The van der Waals surface area contributed by atoms with Crippen LogP contribution >= 0.6 is 0 Å². The van der Waals surface area contributed by atoms with Gasteiger partial charge in [0, 0.05) is 6.07 Å². The molecule has 1 atom stereocenters. The molecule has 35 heavy (non-hydrogen) atoms. The van der Waals surface area contributed by atoms with E-state index in [1.807, 2.05) is 13.0 Å². The number of allylic oxidation sites excluding steroid dienone is 6. The van der Waals surface area contributed by atoms with E-state index in [0.29, 0.717) is 27.8 Å². The summed E-state index contributed by atoms with van der Waals surface area (Å²) in [5, 5.41) is 10.4. The minimum Gasteiger partial charge on any atom is -0.497 e. The fraction of sp³-hybridized carbons (Fsp3) is 0.143. The molecule has 0 saturated carbocycles. The lowest BCUT2D eigenvalue weighted by Crippen LogP contribution is -2.26. The Labute approximate surface area is 201 Å². The highest BCUT2D eigenvalue weighted by molar-refractivity contribution is 5.87. The Morgan fingerprint density at radius 3 is 2.57 bits per heavy atom. The molecule has 176 valence electrons. The molecule has 0 spiro atoms. The monoisotopic (exact) mass is 470 g/mol. The van der Waals surface area contributed by atoms with Crippen LogP contribution in [0.15, 0.2) is 93.3 Å². The van der Waals surface area contributed by atoms with Gasteiger partial charge in [-0.2, -0.15) is 5.26 Å². The Balaban J connectivity index is 1.92. The first-order valence-corrected chi connectivity index (χ1v) is 10.8. The second-order valence-corrected chi connectivity index (χ2v) is 7.98. The van der Waals surface area contributed by atoms with Crippen molar-refractivity contribution in [2.24, 2.45) is 5.73 Å². The van der Waals surface area contributed by atoms with E-state index in [4.69, 9.17) is 19.6 Å². The first kappa shape index (κ1) is 23.6. The predicted octanol–water partition coefficient (Wildman–Crippen LogP) is 5.85. The molecule has 2 heterocycles. The first-order valence-electron chi connectivity index (χ1n) is 10.8. The Morgan fingerprint density at radius 2 is 1.97 bits per heavy atom. The van der Waals surface area contributed by atoms with E-state index in [1.165, 1.54) is 7.11 Å². The lowest BCUT2D eigenvalue weighted by molar-refractivity contribution is 0.387. The van der Waals surface area contributed by atoms with Gasteiger partial charge in [-0.1, -0.05) is 43.0 Å². The highest BCUT2D eigenvalue weighted by atomic mass is 19.1. The van der Waals surface area contributed by atoms with E-state index in [0.717, 1.165) is 5.56 Å². The number of rotatable bonds is 5. The molecule has 0 radical (unpaired) electrons. The van der Waals surface area contributed by atoms with Crippen LogP contribution < -0.4 is 20.8 Å². The molecule has 0 amide bonds. The van der Waals surface area contributed by atoms with E-state index < -0.39 is 17.4 Å². The summed E-state index contributed by atoms with van der Waals surface area (Å²) in [5.41, 5.74) is 8.52. The van der Waals surface area contributed by atoms with Gasteiger partial charge < -0.3 is 19.6 Å². The van der Waals surface area contributed by atoms with Crippen molar-refractivity contribution < 1.29 is 18.3 Å². The largest absolute Gasteiger partial charge is 0.497 e. The highest BCUT2D eigenvalue weighted by Gasteiger charge is 2.35. The van der Waals surface area contributed by atoms with Crippen molar-refractivity contribution in [1.29, 1.82) is 5.26 Å². The summed E-state index contributed by atoms with van der Waals surface area (Å²) in [6.45, 7) is 6.89. The maximum absolute atomic E-state index is 13.8. The maximum Gasteiger partial charge on any atom is 0.344 e. The minimum atomic E-state index is -0.799. The molecule has 0 saturated heterocycles. The van der Waals surface area contributed by atoms with Crippen LogP contribution in [-0.4, -0.2) is 7.11 Å². The molecule has 1 aromatic heterocycles. The SMILES string of the molecule is C=C(F)/C(C)=C(\C=C/C)c1ccc(C2C(C#N)=C(N)Oc3c2c(=O)oc2cc(OC)ccc32)cc1. The van der Waals surface area contributed by atoms with Gasteiger partial charge in [0.25, 0.3) is 0 Å². The van der Waals surface area contributed by atoms with Crippen molar-refractivity contribution in [3.63, 3.8) is 0 Å². The van der Waals surface area contributed by atoms with Crippen LogP contribution in [0, 0.1) is 11.3 Å². The van der Waals surface area contributed by atoms with Gasteiger partial charge in [-0.05, 0) is 48.3 Å². The van der Waals surface area contributed by atoms with Gasteiger partial charge in [0.2, 0.25) is 5.88 Å². The molecule has 3 aromatic rings. The Kier molecular flexibility index (Phi) is 6.30. The van der Waals surface area contributed by atoms with Crippen LogP contribution in [0.5, 0.6) is 11.5 Å². The normalized spacial score (nSPS) is 15.9. The number of hydrogen-bond donors (Lipinski definition) is 1. The average Bonchev–Trinajstić information content (AvgIpc) is 2.85. The van der Waals surface area contributed by atoms with Crippen molar-refractivity contribution in [3.8, 4) is 17.6 Å². The number of nitrogens with zero attached hydrogens (tertiary/aromatic N) is 1. The van der Waals surface area contributed by atoms with Gasteiger partial charge in [0.05, 0.1) is 24.0 Å². The Bertz CT molecular complexity index is 1540. The number of ether oxygens (including phenoxy) is 2. The molecule has 1 unspecified atom stereocenters. The zero-order valence-electron chi connectivity index (χ0n) is 19.5. The number of methoxy groups -OCH3 is 1. The zero-order chi connectivity index (χ0) is 25.3. The Hall–Kier alpha value is -4.57. The van der Waals surface area contributed by atoms with Gasteiger partial charge >= 0.3 is 5.63 Å². The van der Waals surface area contributed by atoms with E-state index in [9.17, 15) is 14.4 Å². The summed E-state index contributed by atoms with van der Waals surface area (Å²) in [7, 11) is 1.51. The Morgan fingerprint density at radius 1 is 1.26 bits per heavy atom. The molecule has 7 heteroatoms. The first-order chi connectivity index (χ1) is 16.8. The highest BCUT2D eigenvalue weighted by Crippen LogP contribution is 2.44. The summed E-state index contributed by atoms with van der Waals surface area (Å²) < 4.78 is 30.4. The van der Waals surface area contributed by atoms with E-state index >= 15 is 0 Å². The number of benzene rings is 2. The van der Waals surface area contributed by atoms with Crippen LogP contribution in [0.3, 0.4) is 0 Å². The van der Waals surface area contributed by atoms with Crippen LogP contribution in [0.2, 0.25) is 0 Å². The second-order valence-electron chi connectivity index (χ2n) is 7.98. The second kappa shape index (κ2) is 9.35. The number of nitriles is 1. The van der Waals surface area contributed by atoms with Crippen molar-refractivity contribution in [1.82, 2.24) is 0 Å². The summed E-state index contributed by atoms with van der Waals surface area (Å²) in [6.07, 6.45) is 3.61. The summed E-state index contributed by atoms with van der Waals surface area (Å²) in [4.78, 5) is 13.1. The topological polar surface area (TPSA) is 98.5 Å². The van der Waals surface area contributed by atoms with Gasteiger partial charge in [0.1, 0.15) is 28.8 Å². The van der Waals surface area contributed by atoms with Crippen molar-refractivity contribution in [2.45, 2.75) is 19.8 Å². The third-order valence-electron chi connectivity index (χ3n) is 5.98. The standard InChI is InChI=1S/C28H23FN2O4/c1-5-6-20(15(2)16(3)29)17-7-9-18(10-8-17)24-22(14-30)27(31)35-26-21-12-11-19(33-4)13-23(21)34-28(32)25(24)26/h5-13,24H,3,31H2,1-2,4H3/b6-5-,20-15+. The van der Waals surface area contributed by atoms with Gasteiger partial charge in [0.15, 0.2) is 5.75 Å². The van der Waals surface area contributed by atoms with Crippen molar-refractivity contribution >= 4 is 16.5 Å². The molecule has 2 aromatic carbocycles. The molecule has 1 aliphatic rings. The number of halogens is 1. The van der Waals surface area contributed by atoms with E-state index in [2.05, 4.69) is 12.6 Å². The summed E-state index contributed by atoms with van der Waals surface area (Å²) in [5.74, 6) is -0.656. The number of hydrogen-bond acceptors (Lipinski definition) is 6. The summed E-state index contributed by atoms with van der Waals surface area (Å²) >= 11 is 0. The third-order valence-corrected chi connectivity index (χ3v) is 5.98. The molecule has 1 aliphatic heterocycles. The smallest absolute Gasteiger partial charge is 0.344 e. The lowest BCUT2D eigenvalue weighted by atomic mass is 9.83. The van der Waals surface area contributed by atoms with E-state index in [-0.39, 0.29) is 28.4 Å². The van der Waals surface area contributed by atoms with Gasteiger partial charge in [-0.3, -0.25) is 0 Å². The molecular formula is C28H23FN2O4. The van der Waals surface area contributed by atoms with Crippen LogP contribution in [0.25, 0.3) is 16.5 Å². The number of fused-ring (bicyclic) bond motifs is 3. The molecule has 4 rings (SSSR count). The van der Waals surface area contributed by atoms with E-state index in [1.54, 1.807) is 55.5 Å². The minimum absolute atomic E-state index is 0.0872. The fourth-order valence-corrected chi connectivity index (χ4v) is 4.16. The van der Waals surface area contributed by atoms with Crippen molar-refractivity contribution in [3.05, 3.63) is 111 Å². The lowest BCUT2D eigenvalue weighted by Gasteiger charge is -2.26. The van der Waals surface area contributed by atoms with Crippen LogP contribution in [-0.2, 0) is 0 Å². The molecule has 0 aliphatic carbocycles. The molecule has 6 nitrogen and oxygen atoms in total. The van der Waals surface area contributed by atoms with Crippen molar-refractivity contribution in [2.75, 3.05) is 7.11 Å². The van der Waals surface area contributed by atoms with Gasteiger partial charge in [-0.15, -0.1) is 0 Å². The quantitative estimate of drug-likeness (QED) is 0.371. The number of nitrogens with two attached hydrogens (primary N) is 1. The van der Waals surface area contributed by atoms with Gasteiger partial charge in [-0.25, -0.2) is 9.18 Å². The average molecular weight is 471 g/mol.